The van der Waals surface area contributed by atoms with Crippen molar-refractivity contribution in [3.63, 3.8) is 0 Å². The van der Waals surface area contributed by atoms with Crippen LogP contribution in [0.2, 0.25) is 0 Å². The fraction of sp³-hybridized carbons (Fsp3) is 0.621. The lowest BCUT2D eigenvalue weighted by molar-refractivity contribution is 0.292. The van der Waals surface area contributed by atoms with E-state index in [9.17, 15) is 4.39 Å². The summed E-state index contributed by atoms with van der Waals surface area (Å²) in [4.78, 5) is 14.6. The van der Waals surface area contributed by atoms with Gasteiger partial charge in [-0.1, -0.05) is 44.2 Å². The third-order valence-corrected chi connectivity index (χ3v) is 8.64. The molecule has 2 aliphatic heterocycles. The third-order valence-electron chi connectivity index (χ3n) is 8.39. The fourth-order valence-electron chi connectivity index (χ4n) is 6.22. The van der Waals surface area contributed by atoms with Gasteiger partial charge in [-0.3, -0.25) is 0 Å². The van der Waals surface area contributed by atoms with Gasteiger partial charge in [-0.15, -0.1) is 0 Å². The summed E-state index contributed by atoms with van der Waals surface area (Å²) < 4.78 is 13.6. The Kier molecular flexibility index (Phi) is 8.74. The summed E-state index contributed by atoms with van der Waals surface area (Å²) in [5.41, 5.74) is 1.15. The first kappa shape index (κ1) is 26.1. The van der Waals surface area contributed by atoms with E-state index in [1.54, 1.807) is 12.1 Å². The van der Waals surface area contributed by atoms with Gasteiger partial charge in [0.1, 0.15) is 17.5 Å². The molecule has 0 radical (unpaired) electrons. The van der Waals surface area contributed by atoms with Gasteiger partial charge in [-0.2, -0.15) is 9.97 Å². The number of hydrogen-bond donors (Lipinski definition) is 2. The van der Waals surface area contributed by atoms with Crippen molar-refractivity contribution in [2.75, 3.05) is 47.8 Å². The molecule has 6 nitrogen and oxygen atoms in total. The highest BCUT2D eigenvalue weighted by molar-refractivity contribution is 7.80. The van der Waals surface area contributed by atoms with E-state index in [4.69, 9.17) is 22.2 Å². The summed E-state index contributed by atoms with van der Waals surface area (Å²) in [6.45, 7) is 4.88. The SMILES string of the molecule is Fc1ccc(C2(CNC(=S)Nc3nc(N4CCCCCC4)cc(N4CCCCC4)n3)CCCCC2)cc1. The molecule has 1 aromatic carbocycles. The Labute approximate surface area is 226 Å². The summed E-state index contributed by atoms with van der Waals surface area (Å²) in [5, 5.41) is 7.35. The van der Waals surface area contributed by atoms with Crippen LogP contribution in [0.15, 0.2) is 30.3 Å². The molecule has 2 N–H and O–H groups in total. The second-order valence-corrected chi connectivity index (χ2v) is 11.4. The molecular formula is C29H41FN6S. The van der Waals surface area contributed by atoms with Gasteiger partial charge >= 0.3 is 0 Å². The van der Waals surface area contributed by atoms with E-state index in [0.29, 0.717) is 11.1 Å². The number of anilines is 3. The highest BCUT2D eigenvalue weighted by Gasteiger charge is 2.34. The summed E-state index contributed by atoms with van der Waals surface area (Å²) in [6, 6.07) is 9.21. The van der Waals surface area contributed by atoms with Crippen molar-refractivity contribution in [3.8, 4) is 0 Å². The van der Waals surface area contributed by atoms with E-state index in [-0.39, 0.29) is 11.2 Å². The van der Waals surface area contributed by atoms with Crippen LogP contribution in [-0.2, 0) is 5.41 Å². The number of piperidine rings is 1. The van der Waals surface area contributed by atoms with Crippen LogP contribution in [0.5, 0.6) is 0 Å². The number of aromatic nitrogens is 2. The molecule has 3 aliphatic rings. The minimum atomic E-state index is -0.189. The van der Waals surface area contributed by atoms with E-state index in [0.717, 1.165) is 57.2 Å². The number of hydrogen-bond acceptors (Lipinski definition) is 5. The predicted molar refractivity (Wildman–Crippen MR) is 154 cm³/mol. The lowest BCUT2D eigenvalue weighted by Gasteiger charge is -2.38. The Morgan fingerprint density at radius 2 is 1.30 bits per heavy atom. The first-order valence-corrected chi connectivity index (χ1v) is 14.7. The molecule has 3 heterocycles. The normalized spacial score (nSPS) is 20.2. The summed E-state index contributed by atoms with van der Waals surface area (Å²) in [7, 11) is 0. The molecule has 1 aliphatic carbocycles. The van der Waals surface area contributed by atoms with Gasteiger partial charge in [0.15, 0.2) is 5.11 Å². The van der Waals surface area contributed by atoms with Crippen LogP contribution in [0.25, 0.3) is 0 Å². The smallest absolute Gasteiger partial charge is 0.232 e. The number of rotatable bonds is 6. The Morgan fingerprint density at radius 3 is 1.86 bits per heavy atom. The molecule has 2 aromatic rings. The Bertz CT molecular complexity index is 1030. The van der Waals surface area contributed by atoms with Crippen LogP contribution < -0.4 is 20.4 Å². The number of halogens is 1. The summed E-state index contributed by atoms with van der Waals surface area (Å²) >= 11 is 5.76. The third kappa shape index (κ3) is 6.70. The van der Waals surface area contributed by atoms with Crippen LogP contribution in [0.3, 0.4) is 0 Å². The van der Waals surface area contributed by atoms with Gasteiger partial charge in [0.25, 0.3) is 0 Å². The fourth-order valence-corrected chi connectivity index (χ4v) is 6.38. The van der Waals surface area contributed by atoms with Gasteiger partial charge in [-0.05, 0) is 74.9 Å². The highest BCUT2D eigenvalue weighted by atomic mass is 32.1. The van der Waals surface area contributed by atoms with E-state index in [1.807, 2.05) is 12.1 Å². The maximum atomic E-state index is 13.6. The maximum Gasteiger partial charge on any atom is 0.232 e. The monoisotopic (exact) mass is 524 g/mol. The second-order valence-electron chi connectivity index (χ2n) is 11.0. The van der Waals surface area contributed by atoms with E-state index >= 15 is 0 Å². The molecule has 0 unspecified atom stereocenters. The van der Waals surface area contributed by atoms with Crippen molar-refractivity contribution in [1.82, 2.24) is 15.3 Å². The summed E-state index contributed by atoms with van der Waals surface area (Å²) in [5.74, 6) is 2.37. The molecule has 5 rings (SSSR count). The topological polar surface area (TPSA) is 56.3 Å². The van der Waals surface area contributed by atoms with Crippen LogP contribution in [0.4, 0.5) is 22.0 Å². The predicted octanol–water partition coefficient (Wildman–Crippen LogP) is 6.17. The average Bonchev–Trinajstić information content (AvgIpc) is 3.23. The second kappa shape index (κ2) is 12.4. The van der Waals surface area contributed by atoms with E-state index in [1.165, 1.54) is 69.8 Å². The number of benzene rings is 1. The molecule has 3 fully saturated rings. The van der Waals surface area contributed by atoms with Crippen molar-refractivity contribution in [3.05, 3.63) is 41.7 Å². The number of nitrogens with zero attached hydrogens (tertiary/aromatic N) is 4. The van der Waals surface area contributed by atoms with Crippen LogP contribution in [0, 0.1) is 5.82 Å². The Hall–Kier alpha value is -2.48. The van der Waals surface area contributed by atoms with Crippen LogP contribution in [0.1, 0.15) is 82.6 Å². The number of thiocarbonyl (C=S) groups is 1. The van der Waals surface area contributed by atoms with Crippen molar-refractivity contribution in [2.45, 2.75) is 82.5 Å². The average molecular weight is 525 g/mol. The van der Waals surface area contributed by atoms with Gasteiger partial charge in [0, 0.05) is 44.2 Å². The Balaban J connectivity index is 1.32. The lowest BCUT2D eigenvalue weighted by atomic mass is 9.69. The Morgan fingerprint density at radius 1 is 0.784 bits per heavy atom. The molecule has 200 valence electrons. The molecule has 0 bridgehead atoms. The molecule has 1 saturated carbocycles. The standard InChI is InChI=1S/C29H41FN6S/c30-24-13-11-23(12-14-24)29(15-5-3-6-16-29)22-31-28(37)34-27-32-25(35-17-7-1-2-8-18-35)21-26(33-27)36-19-9-4-10-20-36/h11-14,21H,1-10,15-20,22H2,(H2,31,32,33,34,37). The molecule has 0 atom stereocenters. The molecule has 1 aromatic heterocycles. The zero-order valence-electron chi connectivity index (χ0n) is 22.0. The zero-order chi connectivity index (χ0) is 25.5. The van der Waals surface area contributed by atoms with Crippen LogP contribution >= 0.6 is 12.2 Å². The van der Waals surface area contributed by atoms with E-state index in [2.05, 4.69) is 26.5 Å². The van der Waals surface area contributed by atoms with Crippen molar-refractivity contribution in [1.29, 1.82) is 0 Å². The van der Waals surface area contributed by atoms with Gasteiger partial charge in [0.2, 0.25) is 5.95 Å². The first-order chi connectivity index (χ1) is 18.1. The van der Waals surface area contributed by atoms with Gasteiger partial charge < -0.3 is 20.4 Å². The molecule has 2 saturated heterocycles. The van der Waals surface area contributed by atoms with Crippen molar-refractivity contribution < 1.29 is 4.39 Å². The van der Waals surface area contributed by atoms with Crippen molar-refractivity contribution >= 4 is 34.9 Å². The maximum absolute atomic E-state index is 13.6. The summed E-state index contributed by atoms with van der Waals surface area (Å²) in [6.07, 6.45) is 14.5. The largest absolute Gasteiger partial charge is 0.361 e. The minimum Gasteiger partial charge on any atom is -0.361 e. The minimum absolute atomic E-state index is 0.0363. The number of nitrogens with one attached hydrogen (secondary N) is 2. The molecule has 37 heavy (non-hydrogen) atoms. The lowest BCUT2D eigenvalue weighted by Crippen LogP contribution is -2.43. The van der Waals surface area contributed by atoms with Gasteiger partial charge in [-0.25, -0.2) is 4.39 Å². The van der Waals surface area contributed by atoms with Gasteiger partial charge in [0.05, 0.1) is 0 Å². The van der Waals surface area contributed by atoms with Crippen molar-refractivity contribution in [2.24, 2.45) is 0 Å². The quantitative estimate of drug-likeness (QED) is 0.438. The zero-order valence-corrected chi connectivity index (χ0v) is 22.8. The van der Waals surface area contributed by atoms with Crippen LogP contribution in [-0.4, -0.2) is 47.8 Å². The molecular weight excluding hydrogens is 483 g/mol. The van der Waals surface area contributed by atoms with E-state index < -0.39 is 0 Å². The molecule has 0 amide bonds. The molecule has 8 heteroatoms. The first-order valence-electron chi connectivity index (χ1n) is 14.3. The highest BCUT2D eigenvalue weighted by Crippen LogP contribution is 2.39. The molecule has 0 spiro atoms.